The lowest BCUT2D eigenvalue weighted by molar-refractivity contribution is -0.256. The molecule has 1 unspecified atom stereocenters. The van der Waals surface area contributed by atoms with Gasteiger partial charge < -0.3 is 19.6 Å². The van der Waals surface area contributed by atoms with Crippen molar-refractivity contribution in [2.75, 3.05) is 39.3 Å². The lowest BCUT2D eigenvalue weighted by Gasteiger charge is -2.47. The van der Waals surface area contributed by atoms with Crippen molar-refractivity contribution in [1.82, 2.24) is 9.80 Å². The van der Waals surface area contributed by atoms with Gasteiger partial charge in [0.15, 0.2) is 11.6 Å². The summed E-state index contributed by atoms with van der Waals surface area (Å²) < 4.78 is 75.9. The molecule has 0 radical (unpaired) electrons. The number of likely N-dealkylation sites (tertiary alicyclic amines) is 2. The Morgan fingerprint density at radius 3 is 2.33 bits per heavy atom. The summed E-state index contributed by atoms with van der Waals surface area (Å²) in [5.41, 5.74) is -0.517. The summed E-state index contributed by atoms with van der Waals surface area (Å²) in [5.74, 6) is -1.20. The molecule has 2 aromatic carbocycles. The van der Waals surface area contributed by atoms with Crippen molar-refractivity contribution in [2.24, 2.45) is 11.3 Å². The average Bonchev–Trinajstić information content (AvgIpc) is 3.32. The zero-order valence-electron chi connectivity index (χ0n) is 22.4. The Morgan fingerprint density at radius 1 is 1.00 bits per heavy atom. The molecule has 2 aromatic rings. The molecule has 3 fully saturated rings. The third kappa shape index (κ3) is 6.28. The summed E-state index contributed by atoms with van der Waals surface area (Å²) in [6.45, 7) is 2.21. The van der Waals surface area contributed by atoms with Crippen LogP contribution in [-0.2, 0) is 11.2 Å². The Morgan fingerprint density at radius 2 is 1.75 bits per heavy atom. The number of ether oxygens (including phenoxy) is 1. The van der Waals surface area contributed by atoms with Crippen LogP contribution in [0.15, 0.2) is 36.4 Å². The van der Waals surface area contributed by atoms with Crippen molar-refractivity contribution < 1.29 is 36.6 Å². The fourth-order valence-electron chi connectivity index (χ4n) is 6.02. The summed E-state index contributed by atoms with van der Waals surface area (Å²) in [5, 5.41) is 9.61. The number of piperidine rings is 1. The van der Waals surface area contributed by atoms with Gasteiger partial charge in [-0.05, 0) is 80.4 Å². The molecule has 2 saturated heterocycles. The maximum Gasteiger partial charge on any atom is 0.395 e. The van der Waals surface area contributed by atoms with Gasteiger partial charge in [0.1, 0.15) is 5.82 Å². The molecule has 10 heteroatoms. The lowest BCUT2D eigenvalue weighted by Crippen LogP contribution is -2.53. The number of hydrogen-bond donors (Lipinski definition) is 1. The second kappa shape index (κ2) is 11.6. The minimum atomic E-state index is -4.17. The molecule has 218 valence electrons. The van der Waals surface area contributed by atoms with Crippen molar-refractivity contribution in [1.29, 1.82) is 0 Å². The van der Waals surface area contributed by atoms with Gasteiger partial charge in [0.25, 0.3) is 0 Å². The minimum Gasteiger partial charge on any atom is -0.490 e. The zero-order valence-corrected chi connectivity index (χ0v) is 22.4. The quantitative estimate of drug-likeness (QED) is 0.424. The Kier molecular flexibility index (Phi) is 8.38. The summed E-state index contributed by atoms with van der Waals surface area (Å²) in [7, 11) is 0. The van der Waals surface area contributed by atoms with Gasteiger partial charge in [-0.15, -0.1) is 0 Å². The zero-order chi connectivity index (χ0) is 28.5. The number of carbonyl (C=O) groups is 1. The van der Waals surface area contributed by atoms with E-state index in [1.807, 2.05) is 4.90 Å². The number of benzene rings is 2. The van der Waals surface area contributed by atoms with E-state index in [1.165, 1.54) is 24.3 Å². The largest absolute Gasteiger partial charge is 0.490 e. The number of rotatable bonds is 8. The predicted molar refractivity (Wildman–Crippen MR) is 140 cm³/mol. The molecule has 1 amide bonds. The topological polar surface area (TPSA) is 53.0 Å². The Labute approximate surface area is 230 Å². The number of halogens is 5. The predicted octanol–water partition coefficient (Wildman–Crippen LogP) is 5.59. The van der Waals surface area contributed by atoms with Gasteiger partial charge in [0, 0.05) is 25.2 Å². The fraction of sp³-hybridized carbons (Fsp3) is 0.567. The van der Waals surface area contributed by atoms with Crippen molar-refractivity contribution in [3.05, 3.63) is 53.6 Å². The second-order valence-electron chi connectivity index (χ2n) is 11.6. The fourth-order valence-corrected chi connectivity index (χ4v) is 6.02. The highest BCUT2D eigenvalue weighted by Crippen LogP contribution is 2.53. The van der Waals surface area contributed by atoms with Crippen LogP contribution in [0.5, 0.6) is 5.75 Å². The number of aliphatic hydroxyl groups excluding tert-OH is 1. The Hall–Kier alpha value is -2.72. The first-order chi connectivity index (χ1) is 19.0. The molecule has 1 atom stereocenters. The van der Waals surface area contributed by atoms with Crippen LogP contribution < -0.4 is 4.74 Å². The van der Waals surface area contributed by atoms with Crippen LogP contribution >= 0.6 is 0 Å². The summed E-state index contributed by atoms with van der Waals surface area (Å²) in [6.07, 6.45) is -1.73. The molecule has 1 N–H and O–H groups in total. The molecule has 5 rings (SSSR count). The van der Waals surface area contributed by atoms with E-state index in [9.17, 15) is 31.9 Å². The number of alkyl halides is 3. The van der Waals surface area contributed by atoms with Crippen molar-refractivity contribution >= 4 is 5.91 Å². The average molecular weight is 567 g/mol. The van der Waals surface area contributed by atoms with Gasteiger partial charge in [0.2, 0.25) is 5.91 Å². The smallest absolute Gasteiger partial charge is 0.395 e. The maximum absolute atomic E-state index is 14.9. The van der Waals surface area contributed by atoms with Crippen LogP contribution in [0.25, 0.3) is 11.1 Å². The van der Waals surface area contributed by atoms with Crippen molar-refractivity contribution in [3.8, 4) is 16.9 Å². The van der Waals surface area contributed by atoms with E-state index in [4.69, 9.17) is 4.74 Å². The molecule has 2 heterocycles. The third-order valence-corrected chi connectivity index (χ3v) is 8.77. The number of β-amino-alcohol motifs (C(OH)–C–C–N with tert-alkyl or cyclic N) is 1. The monoisotopic (exact) mass is 566 g/mol. The molecule has 0 spiro atoms. The van der Waals surface area contributed by atoms with Crippen LogP contribution in [-0.4, -0.2) is 72.4 Å². The van der Waals surface area contributed by atoms with Crippen LogP contribution in [0, 0.1) is 23.0 Å². The van der Waals surface area contributed by atoms with Crippen LogP contribution in [0.2, 0.25) is 0 Å². The summed E-state index contributed by atoms with van der Waals surface area (Å²) in [6, 6.07) is 8.67. The second-order valence-corrected chi connectivity index (χ2v) is 11.6. The maximum atomic E-state index is 14.9. The number of aliphatic hydroxyl groups is 1. The SMILES string of the molecule is O=C(Cc1ccc(-c2ccc(OCC3CCN(CC4(C(F)(F)F)CCC4)CC3)c(F)c2)c(F)c1)N1CCC(O)C1. The van der Waals surface area contributed by atoms with Crippen LogP contribution in [0.4, 0.5) is 22.0 Å². The van der Waals surface area contributed by atoms with Crippen molar-refractivity contribution in [2.45, 2.75) is 57.2 Å². The number of amides is 1. The van der Waals surface area contributed by atoms with E-state index >= 15 is 0 Å². The molecular formula is C30H35F5N2O3. The molecular weight excluding hydrogens is 531 g/mol. The minimum absolute atomic E-state index is 0.0210. The summed E-state index contributed by atoms with van der Waals surface area (Å²) >= 11 is 0. The number of carbonyl (C=O) groups excluding carboxylic acids is 1. The highest BCUT2D eigenvalue weighted by molar-refractivity contribution is 5.79. The molecule has 1 aliphatic carbocycles. The standard InChI is InChI=1S/C30H35F5N2O3/c31-25-14-21(15-28(39)37-13-8-23(38)17-37)2-4-24(25)22-3-5-27(26(32)16-22)40-18-20-6-11-36(12-7-20)19-29(9-1-10-29)30(33,34)35/h2-5,14,16,20,23,38H,1,6-13,15,17-19H2. The molecule has 2 aliphatic heterocycles. The van der Waals surface area contributed by atoms with E-state index in [2.05, 4.69) is 0 Å². The molecule has 0 bridgehead atoms. The van der Waals surface area contributed by atoms with Crippen LogP contribution in [0.3, 0.4) is 0 Å². The first kappa shape index (κ1) is 28.8. The molecule has 0 aromatic heterocycles. The van der Waals surface area contributed by atoms with E-state index in [-0.39, 0.29) is 62.1 Å². The third-order valence-electron chi connectivity index (χ3n) is 8.77. The van der Waals surface area contributed by atoms with Crippen molar-refractivity contribution in [3.63, 3.8) is 0 Å². The molecule has 5 nitrogen and oxygen atoms in total. The lowest BCUT2D eigenvalue weighted by atomic mass is 9.67. The molecule has 3 aliphatic rings. The highest BCUT2D eigenvalue weighted by atomic mass is 19.4. The Bertz CT molecular complexity index is 1210. The van der Waals surface area contributed by atoms with E-state index in [1.54, 1.807) is 17.0 Å². The Balaban J connectivity index is 1.12. The van der Waals surface area contributed by atoms with Crippen LogP contribution in [0.1, 0.15) is 44.1 Å². The van der Waals surface area contributed by atoms with Gasteiger partial charge in [-0.1, -0.05) is 24.6 Å². The van der Waals surface area contributed by atoms with Gasteiger partial charge in [-0.2, -0.15) is 13.2 Å². The van der Waals surface area contributed by atoms with Gasteiger partial charge in [-0.3, -0.25) is 4.79 Å². The van der Waals surface area contributed by atoms with Gasteiger partial charge >= 0.3 is 6.18 Å². The number of nitrogens with zero attached hydrogens (tertiary/aromatic N) is 2. The highest BCUT2D eigenvalue weighted by Gasteiger charge is 2.58. The first-order valence-electron chi connectivity index (χ1n) is 14.0. The van der Waals surface area contributed by atoms with E-state index in [0.717, 1.165) is 0 Å². The van der Waals surface area contributed by atoms with E-state index in [0.29, 0.717) is 56.4 Å². The normalized spacial score (nSPS) is 21.9. The molecule has 1 saturated carbocycles. The number of hydrogen-bond acceptors (Lipinski definition) is 4. The van der Waals surface area contributed by atoms with Gasteiger partial charge in [0.05, 0.1) is 24.5 Å². The first-order valence-corrected chi connectivity index (χ1v) is 14.0. The molecule has 40 heavy (non-hydrogen) atoms. The van der Waals surface area contributed by atoms with Gasteiger partial charge in [-0.25, -0.2) is 8.78 Å². The van der Waals surface area contributed by atoms with E-state index < -0.39 is 29.3 Å². The summed E-state index contributed by atoms with van der Waals surface area (Å²) in [4.78, 5) is 15.8.